The lowest BCUT2D eigenvalue weighted by Crippen LogP contribution is -2.32. The molecule has 0 aromatic heterocycles. The van der Waals surface area contributed by atoms with Crippen molar-refractivity contribution in [1.29, 1.82) is 0 Å². The Hall–Kier alpha value is -3.58. The molecule has 32 heavy (non-hydrogen) atoms. The summed E-state index contributed by atoms with van der Waals surface area (Å²) in [7, 11) is 4.77. The molecule has 1 aliphatic heterocycles. The first kappa shape index (κ1) is 21.6. The molecule has 1 heterocycles. The summed E-state index contributed by atoms with van der Waals surface area (Å²) in [5.41, 5.74) is 2.52. The van der Waals surface area contributed by atoms with Crippen LogP contribution in [0.2, 0.25) is 0 Å². The van der Waals surface area contributed by atoms with Crippen LogP contribution in [-0.2, 0) is 4.79 Å². The Morgan fingerprint density at radius 1 is 0.875 bits per heavy atom. The smallest absolute Gasteiger partial charge is 0.282 e. The third-order valence-electron chi connectivity index (χ3n) is 5.04. The van der Waals surface area contributed by atoms with Gasteiger partial charge in [-0.2, -0.15) is 0 Å². The molecule has 0 unspecified atom stereocenters. The number of nitrogens with zero attached hydrogens (tertiary/aromatic N) is 2. The van der Waals surface area contributed by atoms with Crippen LogP contribution in [0.4, 0.5) is 5.69 Å². The van der Waals surface area contributed by atoms with Gasteiger partial charge in [0.1, 0.15) is 28.8 Å². The molecule has 6 nitrogen and oxygen atoms in total. The molecule has 0 saturated heterocycles. The van der Waals surface area contributed by atoms with E-state index in [0.29, 0.717) is 34.5 Å². The van der Waals surface area contributed by atoms with E-state index < -0.39 is 0 Å². The van der Waals surface area contributed by atoms with E-state index in [2.05, 4.69) is 15.9 Å². The number of amidine groups is 1. The van der Waals surface area contributed by atoms with Crippen LogP contribution in [0.1, 0.15) is 11.1 Å². The van der Waals surface area contributed by atoms with Crippen molar-refractivity contribution in [2.24, 2.45) is 4.99 Å². The van der Waals surface area contributed by atoms with Crippen LogP contribution in [0.25, 0.3) is 6.08 Å². The van der Waals surface area contributed by atoms with E-state index in [1.807, 2.05) is 60.7 Å². The van der Waals surface area contributed by atoms with Crippen molar-refractivity contribution < 1.29 is 19.0 Å². The molecule has 0 atom stereocenters. The van der Waals surface area contributed by atoms with Crippen LogP contribution in [0.15, 0.2) is 81.9 Å². The number of carbonyl (C=O) groups is 1. The van der Waals surface area contributed by atoms with Crippen LogP contribution in [0.3, 0.4) is 0 Å². The molecule has 3 aromatic rings. The van der Waals surface area contributed by atoms with Gasteiger partial charge < -0.3 is 14.2 Å². The topological polar surface area (TPSA) is 60.4 Å². The molecule has 0 fully saturated rings. The van der Waals surface area contributed by atoms with Crippen molar-refractivity contribution in [2.75, 3.05) is 26.2 Å². The molecule has 7 heteroatoms. The Balaban J connectivity index is 1.83. The van der Waals surface area contributed by atoms with Gasteiger partial charge in [-0.15, -0.1) is 0 Å². The van der Waals surface area contributed by atoms with Crippen molar-refractivity contribution in [3.63, 3.8) is 0 Å². The highest BCUT2D eigenvalue weighted by Gasteiger charge is 2.33. The zero-order chi connectivity index (χ0) is 22.7. The fraction of sp³-hybridized carbons (Fsp3) is 0.120. The second-order valence-electron chi connectivity index (χ2n) is 6.89. The van der Waals surface area contributed by atoms with Gasteiger partial charge in [0.25, 0.3) is 5.91 Å². The number of amides is 1. The van der Waals surface area contributed by atoms with Crippen LogP contribution >= 0.6 is 15.9 Å². The summed E-state index contributed by atoms with van der Waals surface area (Å²) >= 11 is 3.58. The fourth-order valence-corrected chi connectivity index (χ4v) is 3.86. The van der Waals surface area contributed by atoms with E-state index in [1.54, 1.807) is 38.4 Å². The summed E-state index contributed by atoms with van der Waals surface area (Å²) in [5, 5.41) is 0. The maximum atomic E-state index is 13.5. The number of benzene rings is 3. The average molecular weight is 493 g/mol. The first-order valence-corrected chi connectivity index (χ1v) is 10.6. The highest BCUT2D eigenvalue weighted by Crippen LogP contribution is 2.33. The lowest BCUT2D eigenvalue weighted by Gasteiger charge is -2.19. The molecule has 1 aliphatic rings. The second kappa shape index (κ2) is 9.28. The number of hydrogen-bond donors (Lipinski definition) is 0. The van der Waals surface area contributed by atoms with Crippen molar-refractivity contribution in [2.45, 2.75) is 0 Å². The molecule has 1 amide bonds. The van der Waals surface area contributed by atoms with Gasteiger partial charge in [0, 0.05) is 21.7 Å². The van der Waals surface area contributed by atoms with Gasteiger partial charge in [-0.3, -0.25) is 9.69 Å². The van der Waals surface area contributed by atoms with E-state index in [-0.39, 0.29) is 5.91 Å². The molecular formula is C25H21BrN2O4. The average Bonchev–Trinajstić information content (AvgIpc) is 3.15. The summed E-state index contributed by atoms with van der Waals surface area (Å²) in [6.07, 6.45) is 1.72. The lowest BCUT2D eigenvalue weighted by molar-refractivity contribution is -0.113. The van der Waals surface area contributed by atoms with Gasteiger partial charge in [0.2, 0.25) is 0 Å². The van der Waals surface area contributed by atoms with E-state index in [1.165, 1.54) is 0 Å². The minimum Gasteiger partial charge on any atom is -0.497 e. The van der Waals surface area contributed by atoms with Gasteiger partial charge in [0.05, 0.1) is 27.0 Å². The van der Waals surface area contributed by atoms with E-state index in [9.17, 15) is 4.79 Å². The SMILES string of the molecule is COc1ccc(N2C(=O)/C(=C\c3ccc(OC)cc3OC)N=C2c2ccccc2Br)cc1. The summed E-state index contributed by atoms with van der Waals surface area (Å²) in [5.74, 6) is 2.26. The van der Waals surface area contributed by atoms with Gasteiger partial charge in [-0.25, -0.2) is 4.99 Å². The Labute approximate surface area is 194 Å². The van der Waals surface area contributed by atoms with Crippen LogP contribution in [0.5, 0.6) is 17.2 Å². The van der Waals surface area contributed by atoms with Crippen molar-refractivity contribution >= 4 is 39.4 Å². The van der Waals surface area contributed by atoms with E-state index in [0.717, 1.165) is 15.6 Å². The van der Waals surface area contributed by atoms with Gasteiger partial charge in [0.15, 0.2) is 0 Å². The van der Waals surface area contributed by atoms with Gasteiger partial charge in [-0.1, -0.05) is 34.1 Å². The Kier molecular flexibility index (Phi) is 6.28. The molecule has 162 valence electrons. The third-order valence-corrected chi connectivity index (χ3v) is 5.73. The predicted octanol–water partition coefficient (Wildman–Crippen LogP) is 5.31. The standard InChI is InChI=1S/C25H21BrN2O4/c1-30-18-12-9-17(10-13-18)28-24(20-6-4-5-7-21(20)26)27-22(25(28)29)14-16-8-11-19(31-2)15-23(16)32-3/h4-15H,1-3H3/b22-14+. The number of hydrogen-bond acceptors (Lipinski definition) is 5. The molecule has 0 saturated carbocycles. The maximum Gasteiger partial charge on any atom is 0.282 e. The molecular weight excluding hydrogens is 472 g/mol. The van der Waals surface area contributed by atoms with Crippen molar-refractivity contribution in [3.05, 3.63) is 88.0 Å². The van der Waals surface area contributed by atoms with Crippen LogP contribution < -0.4 is 19.1 Å². The monoisotopic (exact) mass is 492 g/mol. The zero-order valence-corrected chi connectivity index (χ0v) is 19.4. The highest BCUT2D eigenvalue weighted by atomic mass is 79.9. The Morgan fingerprint density at radius 2 is 1.56 bits per heavy atom. The van der Waals surface area contributed by atoms with E-state index >= 15 is 0 Å². The van der Waals surface area contributed by atoms with Gasteiger partial charge >= 0.3 is 0 Å². The number of anilines is 1. The quantitative estimate of drug-likeness (QED) is 0.437. The summed E-state index contributed by atoms with van der Waals surface area (Å²) in [6, 6.07) is 20.4. The number of ether oxygens (including phenoxy) is 3. The summed E-state index contributed by atoms with van der Waals surface area (Å²) in [4.78, 5) is 19.8. The number of rotatable bonds is 6. The number of halogens is 1. The number of aliphatic imine (C=N–C) groups is 1. The van der Waals surface area contributed by atoms with E-state index in [4.69, 9.17) is 19.2 Å². The fourth-order valence-electron chi connectivity index (χ4n) is 3.40. The zero-order valence-electron chi connectivity index (χ0n) is 17.8. The number of methoxy groups -OCH3 is 3. The maximum absolute atomic E-state index is 13.5. The van der Waals surface area contributed by atoms with Crippen LogP contribution in [-0.4, -0.2) is 33.1 Å². The first-order valence-electron chi connectivity index (χ1n) is 9.81. The minimum absolute atomic E-state index is 0.237. The predicted molar refractivity (Wildman–Crippen MR) is 129 cm³/mol. The van der Waals surface area contributed by atoms with Gasteiger partial charge in [-0.05, 0) is 48.5 Å². The molecule has 4 rings (SSSR count). The summed E-state index contributed by atoms with van der Waals surface area (Å²) < 4.78 is 16.8. The molecule has 0 spiro atoms. The molecule has 0 radical (unpaired) electrons. The normalized spacial score (nSPS) is 14.5. The largest absolute Gasteiger partial charge is 0.497 e. The summed E-state index contributed by atoms with van der Waals surface area (Å²) in [6.45, 7) is 0. The first-order chi connectivity index (χ1) is 15.5. The van der Waals surface area contributed by atoms with Crippen molar-refractivity contribution in [3.8, 4) is 17.2 Å². The lowest BCUT2D eigenvalue weighted by atomic mass is 10.1. The molecule has 0 aliphatic carbocycles. The molecule has 0 N–H and O–H groups in total. The minimum atomic E-state index is -0.237. The third kappa shape index (κ3) is 4.11. The highest BCUT2D eigenvalue weighted by molar-refractivity contribution is 9.10. The van der Waals surface area contributed by atoms with Crippen LogP contribution in [0, 0.1) is 0 Å². The second-order valence-corrected chi connectivity index (χ2v) is 7.75. The Bertz CT molecular complexity index is 1220. The number of carbonyl (C=O) groups excluding carboxylic acids is 1. The molecule has 3 aromatic carbocycles. The Morgan fingerprint density at radius 3 is 2.22 bits per heavy atom. The molecule has 0 bridgehead atoms. The van der Waals surface area contributed by atoms with Crippen molar-refractivity contribution in [1.82, 2.24) is 0 Å².